The molecule has 1 aliphatic heterocycles. The lowest BCUT2D eigenvalue weighted by Gasteiger charge is -2.28. The number of carbonyl (C=O) groups is 2. The Morgan fingerprint density at radius 1 is 1.41 bits per heavy atom. The van der Waals surface area contributed by atoms with Gasteiger partial charge in [0.25, 0.3) is 0 Å². The van der Waals surface area contributed by atoms with Crippen molar-refractivity contribution < 1.29 is 18.9 Å². The minimum absolute atomic E-state index is 0.0674. The van der Waals surface area contributed by atoms with Gasteiger partial charge in [-0.2, -0.15) is 0 Å². The number of carboxylic acid groups (broad SMARTS) is 1. The largest absolute Gasteiger partial charge is 0.481 e. The first-order valence-corrected chi connectivity index (χ1v) is 7.14. The van der Waals surface area contributed by atoms with E-state index in [9.17, 15) is 13.8 Å². The van der Waals surface area contributed by atoms with Crippen molar-refractivity contribution in [2.24, 2.45) is 0 Å². The van der Waals surface area contributed by atoms with E-state index in [-0.39, 0.29) is 18.5 Å². The first kappa shape index (κ1) is 14.0. The molecule has 98 valence electrons. The predicted octanol–water partition coefficient (Wildman–Crippen LogP) is 0.0136. The van der Waals surface area contributed by atoms with Crippen LogP contribution in [-0.4, -0.2) is 56.9 Å². The van der Waals surface area contributed by atoms with Crippen LogP contribution < -0.4 is 5.32 Å². The fraction of sp³-hybridized carbons (Fsp3) is 0.800. The molecule has 2 amide bonds. The maximum Gasteiger partial charge on any atom is 0.317 e. The van der Waals surface area contributed by atoms with Gasteiger partial charge in [0.2, 0.25) is 0 Å². The van der Waals surface area contributed by atoms with Crippen LogP contribution in [0.2, 0.25) is 0 Å². The van der Waals surface area contributed by atoms with E-state index in [1.54, 1.807) is 4.90 Å². The Labute approximate surface area is 103 Å². The Balaban J connectivity index is 2.41. The molecule has 0 aromatic heterocycles. The number of amides is 2. The van der Waals surface area contributed by atoms with Gasteiger partial charge >= 0.3 is 12.0 Å². The summed E-state index contributed by atoms with van der Waals surface area (Å²) in [6.07, 6.45) is 0.514. The van der Waals surface area contributed by atoms with Crippen LogP contribution >= 0.6 is 0 Å². The molecule has 0 aromatic carbocycles. The van der Waals surface area contributed by atoms with E-state index in [1.807, 2.05) is 6.92 Å². The second kappa shape index (κ2) is 6.58. The van der Waals surface area contributed by atoms with Gasteiger partial charge in [-0.05, 0) is 6.42 Å². The van der Waals surface area contributed by atoms with Crippen molar-refractivity contribution in [1.29, 1.82) is 0 Å². The molecule has 1 heterocycles. The van der Waals surface area contributed by atoms with E-state index in [1.165, 1.54) is 0 Å². The zero-order valence-corrected chi connectivity index (χ0v) is 10.7. The third kappa shape index (κ3) is 4.72. The first-order valence-electron chi connectivity index (χ1n) is 5.65. The Hall–Kier alpha value is -1.11. The number of aliphatic carboxylic acids is 1. The standard InChI is InChI=1S/C10H18N2O4S/c1-2-8(7-9(13)14)11-10(15)12-3-5-17(16)6-4-12/h8H,2-7H2,1H3,(H,11,15)(H,13,14). The fourth-order valence-electron chi connectivity index (χ4n) is 1.62. The molecule has 17 heavy (non-hydrogen) atoms. The zero-order chi connectivity index (χ0) is 12.8. The average Bonchev–Trinajstić information content (AvgIpc) is 2.28. The third-order valence-electron chi connectivity index (χ3n) is 2.71. The summed E-state index contributed by atoms with van der Waals surface area (Å²) in [6, 6.07) is -0.595. The monoisotopic (exact) mass is 262 g/mol. The molecular weight excluding hydrogens is 244 g/mol. The topological polar surface area (TPSA) is 86.7 Å². The molecule has 0 saturated carbocycles. The molecule has 1 fully saturated rings. The van der Waals surface area contributed by atoms with Crippen LogP contribution in [0.1, 0.15) is 19.8 Å². The van der Waals surface area contributed by atoms with Crippen molar-refractivity contribution in [1.82, 2.24) is 10.2 Å². The lowest BCUT2D eigenvalue weighted by molar-refractivity contribution is -0.137. The number of hydrogen-bond acceptors (Lipinski definition) is 3. The van der Waals surface area contributed by atoms with E-state index in [0.717, 1.165) is 0 Å². The van der Waals surface area contributed by atoms with Crippen molar-refractivity contribution in [2.75, 3.05) is 24.6 Å². The van der Waals surface area contributed by atoms with Gasteiger partial charge in [-0.1, -0.05) is 6.92 Å². The summed E-state index contributed by atoms with van der Waals surface area (Å²) in [7, 11) is -0.817. The Kier molecular flexibility index (Phi) is 5.40. The molecular formula is C10H18N2O4S. The molecule has 7 heteroatoms. The number of urea groups is 1. The van der Waals surface area contributed by atoms with Gasteiger partial charge in [0.1, 0.15) is 0 Å². The van der Waals surface area contributed by atoms with Gasteiger partial charge < -0.3 is 15.3 Å². The molecule has 6 nitrogen and oxygen atoms in total. The molecule has 1 aliphatic rings. The van der Waals surface area contributed by atoms with Gasteiger partial charge in [-0.3, -0.25) is 9.00 Å². The summed E-state index contributed by atoms with van der Waals surface area (Å²) >= 11 is 0. The zero-order valence-electron chi connectivity index (χ0n) is 9.85. The molecule has 0 bridgehead atoms. The summed E-state index contributed by atoms with van der Waals surface area (Å²) in [5.41, 5.74) is 0. The molecule has 0 radical (unpaired) electrons. The minimum atomic E-state index is -0.920. The van der Waals surface area contributed by atoms with Crippen molar-refractivity contribution in [3.8, 4) is 0 Å². The van der Waals surface area contributed by atoms with Crippen LogP contribution in [0.3, 0.4) is 0 Å². The van der Waals surface area contributed by atoms with Gasteiger partial charge in [0, 0.05) is 41.4 Å². The second-order valence-corrected chi connectivity index (χ2v) is 5.68. The van der Waals surface area contributed by atoms with Crippen molar-refractivity contribution >= 4 is 22.8 Å². The first-order chi connectivity index (χ1) is 8.02. The van der Waals surface area contributed by atoms with E-state index in [4.69, 9.17) is 5.11 Å². The van der Waals surface area contributed by atoms with Crippen molar-refractivity contribution in [2.45, 2.75) is 25.8 Å². The number of carboxylic acids is 1. The lowest BCUT2D eigenvalue weighted by Crippen LogP contribution is -2.50. The van der Waals surface area contributed by atoms with Crippen molar-refractivity contribution in [3.63, 3.8) is 0 Å². The van der Waals surface area contributed by atoms with E-state index in [0.29, 0.717) is 31.0 Å². The van der Waals surface area contributed by atoms with E-state index < -0.39 is 16.8 Å². The summed E-state index contributed by atoms with van der Waals surface area (Å²) in [5.74, 6) is 0.0867. The maximum atomic E-state index is 11.8. The molecule has 0 spiro atoms. The SMILES string of the molecule is CCC(CC(=O)O)NC(=O)N1CCS(=O)CC1. The highest BCUT2D eigenvalue weighted by Gasteiger charge is 2.22. The lowest BCUT2D eigenvalue weighted by atomic mass is 10.1. The van der Waals surface area contributed by atoms with E-state index in [2.05, 4.69) is 5.32 Å². The second-order valence-electron chi connectivity index (χ2n) is 3.99. The normalized spacial score (nSPS) is 18.8. The van der Waals surface area contributed by atoms with Gasteiger partial charge in [-0.25, -0.2) is 4.79 Å². The molecule has 1 unspecified atom stereocenters. The molecule has 2 N–H and O–H groups in total. The maximum absolute atomic E-state index is 11.8. The Morgan fingerprint density at radius 3 is 2.47 bits per heavy atom. The molecule has 1 atom stereocenters. The summed E-state index contributed by atoms with van der Waals surface area (Å²) < 4.78 is 11.1. The number of carbonyl (C=O) groups excluding carboxylic acids is 1. The van der Waals surface area contributed by atoms with Crippen LogP contribution in [-0.2, 0) is 15.6 Å². The molecule has 0 aromatic rings. The van der Waals surface area contributed by atoms with Crippen LogP contribution in [0, 0.1) is 0 Å². The summed E-state index contributed by atoms with van der Waals surface area (Å²) in [4.78, 5) is 23.9. The predicted molar refractivity (Wildman–Crippen MR) is 64.3 cm³/mol. The van der Waals surface area contributed by atoms with Crippen LogP contribution in [0.15, 0.2) is 0 Å². The highest BCUT2D eigenvalue weighted by Crippen LogP contribution is 2.03. The highest BCUT2D eigenvalue weighted by molar-refractivity contribution is 7.85. The Morgan fingerprint density at radius 2 is 2.00 bits per heavy atom. The molecule has 1 saturated heterocycles. The van der Waals surface area contributed by atoms with Crippen LogP contribution in [0.5, 0.6) is 0 Å². The number of nitrogens with zero attached hydrogens (tertiary/aromatic N) is 1. The highest BCUT2D eigenvalue weighted by atomic mass is 32.2. The quantitative estimate of drug-likeness (QED) is 0.747. The van der Waals surface area contributed by atoms with Gasteiger partial charge in [0.15, 0.2) is 0 Å². The smallest absolute Gasteiger partial charge is 0.317 e. The molecule has 0 aliphatic carbocycles. The average molecular weight is 262 g/mol. The molecule has 1 rings (SSSR count). The number of hydrogen-bond donors (Lipinski definition) is 2. The number of rotatable bonds is 4. The fourth-order valence-corrected chi connectivity index (χ4v) is 2.67. The van der Waals surface area contributed by atoms with Crippen molar-refractivity contribution in [3.05, 3.63) is 0 Å². The van der Waals surface area contributed by atoms with Gasteiger partial charge in [-0.15, -0.1) is 0 Å². The third-order valence-corrected chi connectivity index (χ3v) is 3.98. The minimum Gasteiger partial charge on any atom is -0.481 e. The Bertz CT molecular complexity index is 311. The van der Waals surface area contributed by atoms with E-state index >= 15 is 0 Å². The summed E-state index contributed by atoms with van der Waals surface area (Å²) in [6.45, 7) is 2.78. The summed E-state index contributed by atoms with van der Waals surface area (Å²) in [5, 5.41) is 11.4. The van der Waals surface area contributed by atoms with Crippen LogP contribution in [0.25, 0.3) is 0 Å². The van der Waals surface area contributed by atoms with Crippen LogP contribution in [0.4, 0.5) is 4.79 Å². The van der Waals surface area contributed by atoms with Gasteiger partial charge in [0.05, 0.1) is 6.42 Å². The number of nitrogens with one attached hydrogen (secondary N) is 1.